The van der Waals surface area contributed by atoms with Gasteiger partial charge in [0.2, 0.25) is 15.9 Å². The molecule has 0 radical (unpaired) electrons. The maximum Gasteiger partial charge on any atom is 0.243 e. The lowest BCUT2D eigenvalue weighted by molar-refractivity contribution is -0.122. The number of benzene rings is 1. The van der Waals surface area contributed by atoms with E-state index in [-0.39, 0.29) is 10.7 Å². The van der Waals surface area contributed by atoms with Crippen molar-refractivity contribution in [1.82, 2.24) is 5.32 Å². The van der Waals surface area contributed by atoms with Gasteiger partial charge in [0.1, 0.15) is 6.04 Å². The molecule has 1 unspecified atom stereocenters. The third kappa shape index (κ3) is 7.46. The molecule has 1 amide bonds. The number of thioether (sulfide) groups is 1. The second-order valence-corrected chi connectivity index (χ2v) is 10.9. The average Bonchev–Trinajstić information content (AvgIpc) is 2.48. The molecule has 0 aliphatic carbocycles. The van der Waals surface area contributed by atoms with Crippen LogP contribution in [0, 0.1) is 0 Å². The van der Waals surface area contributed by atoms with E-state index in [0.29, 0.717) is 23.7 Å². The summed E-state index contributed by atoms with van der Waals surface area (Å²) >= 11 is 7.62. The highest BCUT2D eigenvalue weighted by molar-refractivity contribution is 8.00. The zero-order chi connectivity index (χ0) is 19.3. The van der Waals surface area contributed by atoms with Gasteiger partial charge in [0.15, 0.2) is 0 Å². The van der Waals surface area contributed by atoms with E-state index < -0.39 is 16.1 Å². The molecule has 0 aliphatic heterocycles. The Labute approximate surface area is 160 Å². The minimum atomic E-state index is -3.62. The Hall–Kier alpha value is -0.920. The summed E-state index contributed by atoms with van der Waals surface area (Å²) in [5, 5.41) is 3.36. The smallest absolute Gasteiger partial charge is 0.243 e. The number of hydrogen-bond donors (Lipinski definition) is 1. The topological polar surface area (TPSA) is 66.5 Å². The second-order valence-electron chi connectivity index (χ2n) is 6.71. The molecule has 0 saturated carbocycles. The number of rotatable bonds is 8. The van der Waals surface area contributed by atoms with Crippen molar-refractivity contribution in [2.45, 2.75) is 44.9 Å². The molecule has 1 aromatic carbocycles. The first kappa shape index (κ1) is 22.1. The lowest BCUT2D eigenvalue weighted by atomic mass is 10.2. The molecule has 0 spiro atoms. The molecule has 0 fully saturated rings. The quantitative estimate of drug-likeness (QED) is 0.670. The van der Waals surface area contributed by atoms with Crippen LogP contribution in [0.4, 0.5) is 5.69 Å². The third-order valence-corrected chi connectivity index (χ3v) is 6.05. The first-order chi connectivity index (χ1) is 11.5. The molecule has 1 rings (SSSR count). The molecule has 1 N–H and O–H groups in total. The number of carbonyl (C=O) groups is 1. The van der Waals surface area contributed by atoms with Gasteiger partial charge in [-0.05, 0) is 30.7 Å². The molecular formula is C17H27ClN2O3S2. The van der Waals surface area contributed by atoms with Crippen molar-refractivity contribution < 1.29 is 13.2 Å². The summed E-state index contributed by atoms with van der Waals surface area (Å²) in [6.45, 7) is 8.62. The van der Waals surface area contributed by atoms with Gasteiger partial charge in [-0.2, -0.15) is 11.8 Å². The standard InChI is InChI=1S/C17H27ClN2O3S2/c1-6-15(16(21)19-11-12-24-17(2,3)4)20(25(5,22)23)14-9-7-13(18)8-10-14/h7-10,15H,6,11-12H2,1-5H3,(H,19,21). The number of carbonyl (C=O) groups excluding carboxylic acids is 1. The van der Waals surface area contributed by atoms with Crippen molar-refractivity contribution in [3.8, 4) is 0 Å². The Bertz CT molecular complexity index is 670. The van der Waals surface area contributed by atoms with Gasteiger partial charge in [-0.15, -0.1) is 0 Å². The Morgan fingerprint density at radius 3 is 2.28 bits per heavy atom. The van der Waals surface area contributed by atoms with Crippen LogP contribution in [0.5, 0.6) is 0 Å². The molecule has 0 bridgehead atoms. The van der Waals surface area contributed by atoms with E-state index in [0.717, 1.165) is 16.3 Å². The predicted molar refractivity (Wildman–Crippen MR) is 108 cm³/mol. The van der Waals surface area contributed by atoms with Gasteiger partial charge in [0, 0.05) is 22.1 Å². The Kier molecular flexibility index (Phi) is 8.09. The molecule has 5 nitrogen and oxygen atoms in total. The van der Waals surface area contributed by atoms with E-state index >= 15 is 0 Å². The van der Waals surface area contributed by atoms with Crippen LogP contribution in [0.3, 0.4) is 0 Å². The van der Waals surface area contributed by atoms with Gasteiger partial charge in [0.25, 0.3) is 0 Å². The fourth-order valence-electron chi connectivity index (χ4n) is 2.30. The molecule has 25 heavy (non-hydrogen) atoms. The Balaban J connectivity index is 2.91. The van der Waals surface area contributed by atoms with Crippen molar-refractivity contribution >= 4 is 45.0 Å². The van der Waals surface area contributed by atoms with Crippen molar-refractivity contribution in [1.29, 1.82) is 0 Å². The molecular weight excluding hydrogens is 380 g/mol. The van der Waals surface area contributed by atoms with Crippen molar-refractivity contribution in [2.24, 2.45) is 0 Å². The summed E-state index contributed by atoms with van der Waals surface area (Å²) in [5.74, 6) is 0.475. The van der Waals surface area contributed by atoms with Crippen LogP contribution < -0.4 is 9.62 Å². The van der Waals surface area contributed by atoms with E-state index in [1.165, 1.54) is 0 Å². The van der Waals surface area contributed by atoms with Gasteiger partial charge in [-0.25, -0.2) is 8.42 Å². The molecule has 0 aromatic heterocycles. The van der Waals surface area contributed by atoms with Gasteiger partial charge >= 0.3 is 0 Å². The van der Waals surface area contributed by atoms with E-state index in [4.69, 9.17) is 11.6 Å². The molecule has 8 heteroatoms. The number of halogens is 1. The predicted octanol–water partition coefficient (Wildman–Crippen LogP) is 3.53. The molecule has 0 heterocycles. The van der Waals surface area contributed by atoms with Crippen LogP contribution in [-0.4, -0.2) is 43.7 Å². The fourth-order valence-corrected chi connectivity index (χ4v) is 4.45. The molecule has 1 atom stereocenters. The van der Waals surface area contributed by atoms with Crippen LogP contribution in [0.15, 0.2) is 24.3 Å². The van der Waals surface area contributed by atoms with E-state index in [1.54, 1.807) is 43.0 Å². The van der Waals surface area contributed by atoms with Crippen LogP contribution in [0.1, 0.15) is 34.1 Å². The zero-order valence-corrected chi connectivity index (χ0v) is 17.8. The minimum Gasteiger partial charge on any atom is -0.353 e. The highest BCUT2D eigenvalue weighted by atomic mass is 35.5. The van der Waals surface area contributed by atoms with Gasteiger partial charge in [0.05, 0.1) is 11.9 Å². The van der Waals surface area contributed by atoms with Crippen LogP contribution in [0.2, 0.25) is 5.02 Å². The van der Waals surface area contributed by atoms with Crippen LogP contribution >= 0.6 is 23.4 Å². The maximum atomic E-state index is 12.6. The van der Waals surface area contributed by atoms with Gasteiger partial charge in [-0.1, -0.05) is 39.3 Å². The third-order valence-electron chi connectivity index (χ3n) is 3.35. The minimum absolute atomic E-state index is 0.122. The van der Waals surface area contributed by atoms with Crippen molar-refractivity contribution in [3.63, 3.8) is 0 Å². The van der Waals surface area contributed by atoms with E-state index in [2.05, 4.69) is 26.1 Å². The summed E-state index contributed by atoms with van der Waals surface area (Å²) in [6.07, 6.45) is 1.47. The monoisotopic (exact) mass is 406 g/mol. The van der Waals surface area contributed by atoms with Crippen molar-refractivity contribution in [2.75, 3.05) is 22.9 Å². The number of sulfonamides is 1. The highest BCUT2D eigenvalue weighted by Crippen LogP contribution is 2.25. The Morgan fingerprint density at radius 1 is 1.28 bits per heavy atom. The van der Waals surface area contributed by atoms with Crippen LogP contribution in [-0.2, 0) is 14.8 Å². The number of amides is 1. The summed E-state index contributed by atoms with van der Waals surface area (Å²) < 4.78 is 25.9. The molecule has 0 saturated heterocycles. The first-order valence-corrected chi connectivity index (χ1v) is 11.3. The lowest BCUT2D eigenvalue weighted by Gasteiger charge is -2.30. The summed E-state index contributed by atoms with van der Waals surface area (Å²) in [7, 11) is -3.62. The van der Waals surface area contributed by atoms with Gasteiger partial charge in [-0.3, -0.25) is 9.10 Å². The summed E-state index contributed by atoms with van der Waals surface area (Å²) in [5.41, 5.74) is 0.429. The maximum absolute atomic E-state index is 12.6. The number of hydrogen-bond acceptors (Lipinski definition) is 4. The Morgan fingerprint density at radius 2 is 1.84 bits per heavy atom. The van der Waals surface area contributed by atoms with E-state index in [1.807, 2.05) is 0 Å². The zero-order valence-electron chi connectivity index (χ0n) is 15.4. The average molecular weight is 407 g/mol. The fraction of sp³-hybridized carbons (Fsp3) is 0.588. The number of nitrogens with one attached hydrogen (secondary N) is 1. The molecule has 1 aromatic rings. The highest BCUT2D eigenvalue weighted by Gasteiger charge is 2.31. The summed E-state index contributed by atoms with van der Waals surface area (Å²) in [4.78, 5) is 12.6. The van der Waals surface area contributed by atoms with E-state index in [9.17, 15) is 13.2 Å². The molecule has 0 aliphatic rings. The van der Waals surface area contributed by atoms with Crippen LogP contribution in [0.25, 0.3) is 0 Å². The first-order valence-electron chi connectivity index (χ1n) is 8.12. The number of anilines is 1. The van der Waals surface area contributed by atoms with Crippen molar-refractivity contribution in [3.05, 3.63) is 29.3 Å². The van der Waals surface area contributed by atoms with Gasteiger partial charge < -0.3 is 5.32 Å². The normalized spacial score (nSPS) is 13.4. The number of nitrogens with zero attached hydrogens (tertiary/aromatic N) is 1. The molecule has 142 valence electrons. The second kappa shape index (κ2) is 9.14. The SMILES string of the molecule is CCC(C(=O)NCCSC(C)(C)C)N(c1ccc(Cl)cc1)S(C)(=O)=O. The lowest BCUT2D eigenvalue weighted by Crippen LogP contribution is -2.49. The largest absolute Gasteiger partial charge is 0.353 e. The summed E-state index contributed by atoms with van der Waals surface area (Å²) in [6, 6.07) is 5.64.